The summed E-state index contributed by atoms with van der Waals surface area (Å²) >= 11 is 0. The summed E-state index contributed by atoms with van der Waals surface area (Å²) in [7, 11) is 0. The fourth-order valence-electron chi connectivity index (χ4n) is 4.59. The number of anilines is 2. The maximum absolute atomic E-state index is 12.6. The first-order valence-electron chi connectivity index (χ1n) is 12.6. The maximum atomic E-state index is 12.6. The second-order valence-corrected chi connectivity index (χ2v) is 8.88. The first-order valence-corrected chi connectivity index (χ1v) is 12.6. The normalized spacial score (nSPS) is 15.5. The monoisotopic (exact) mass is 488 g/mol. The van der Waals surface area contributed by atoms with E-state index in [2.05, 4.69) is 17.0 Å². The molecule has 0 N–H and O–H groups in total. The standard InChI is InChI=1S/C29H32N2O5/c1-2-33-28(29(32)36-30-17-7-8-18-30)21-22-13-15-23(16-14-22)34-20-19-31-24-9-3-5-11-26(24)35-27-12-6-4-10-25(27)31/h3-6,9-16,28H,2,7-8,17-21H2,1H3. The number of ether oxygens (including phenoxy) is 3. The van der Waals surface area contributed by atoms with Crippen LogP contribution in [0.3, 0.4) is 0 Å². The summed E-state index contributed by atoms with van der Waals surface area (Å²) in [5.74, 6) is 2.13. The third-order valence-corrected chi connectivity index (χ3v) is 6.37. The van der Waals surface area contributed by atoms with Crippen LogP contribution >= 0.6 is 0 Å². The molecule has 7 heteroatoms. The minimum Gasteiger partial charge on any atom is -0.492 e. The number of hydrogen-bond donors (Lipinski definition) is 0. The summed E-state index contributed by atoms with van der Waals surface area (Å²) in [6.07, 6.45) is 1.95. The van der Waals surface area contributed by atoms with Gasteiger partial charge in [-0.25, -0.2) is 4.79 Å². The Labute approximate surface area is 212 Å². The lowest BCUT2D eigenvalue weighted by Crippen LogP contribution is -2.34. The van der Waals surface area contributed by atoms with Crippen molar-refractivity contribution in [3.8, 4) is 17.2 Å². The number of hydrogen-bond acceptors (Lipinski definition) is 7. The summed E-state index contributed by atoms with van der Waals surface area (Å²) in [6, 6.07) is 23.9. The number of carbonyl (C=O) groups is 1. The number of rotatable bonds is 10. The van der Waals surface area contributed by atoms with Crippen molar-refractivity contribution in [1.29, 1.82) is 0 Å². The molecular weight excluding hydrogens is 456 g/mol. The van der Waals surface area contributed by atoms with Crippen LogP contribution < -0.4 is 14.4 Å². The van der Waals surface area contributed by atoms with Gasteiger partial charge in [-0.3, -0.25) is 0 Å². The van der Waals surface area contributed by atoms with Crippen LogP contribution in [0.5, 0.6) is 17.2 Å². The predicted molar refractivity (Wildman–Crippen MR) is 138 cm³/mol. The van der Waals surface area contributed by atoms with Crippen LogP contribution in [-0.4, -0.2) is 50.0 Å². The van der Waals surface area contributed by atoms with Gasteiger partial charge in [-0.05, 0) is 61.7 Å². The van der Waals surface area contributed by atoms with Crippen molar-refractivity contribution < 1.29 is 23.8 Å². The highest BCUT2D eigenvalue weighted by Crippen LogP contribution is 2.45. The summed E-state index contributed by atoms with van der Waals surface area (Å²) in [5, 5.41) is 1.73. The highest BCUT2D eigenvalue weighted by molar-refractivity contribution is 5.77. The van der Waals surface area contributed by atoms with E-state index < -0.39 is 6.10 Å². The lowest BCUT2D eigenvalue weighted by molar-refractivity contribution is -0.198. The third-order valence-electron chi connectivity index (χ3n) is 6.37. The Morgan fingerprint density at radius 3 is 2.19 bits per heavy atom. The molecule has 2 aliphatic heterocycles. The average Bonchev–Trinajstić information content (AvgIpc) is 3.42. The Kier molecular flexibility index (Phi) is 7.69. The molecule has 0 aromatic heterocycles. The predicted octanol–water partition coefficient (Wildman–Crippen LogP) is 5.51. The second kappa shape index (κ2) is 11.5. The Balaban J connectivity index is 1.18. The van der Waals surface area contributed by atoms with Crippen molar-refractivity contribution in [2.45, 2.75) is 32.3 Å². The van der Waals surface area contributed by atoms with Gasteiger partial charge < -0.3 is 23.9 Å². The molecule has 0 bridgehead atoms. The van der Waals surface area contributed by atoms with Gasteiger partial charge in [0.1, 0.15) is 12.4 Å². The fraction of sp³-hybridized carbons (Fsp3) is 0.345. The molecular formula is C29H32N2O5. The van der Waals surface area contributed by atoms with E-state index in [0.717, 1.165) is 60.1 Å². The minimum absolute atomic E-state index is 0.329. The molecule has 188 valence electrons. The van der Waals surface area contributed by atoms with Gasteiger partial charge in [-0.15, -0.1) is 5.06 Å². The first-order chi connectivity index (χ1) is 17.7. The highest BCUT2D eigenvalue weighted by atomic mass is 16.7. The average molecular weight is 489 g/mol. The van der Waals surface area contributed by atoms with Crippen LogP contribution in [0.4, 0.5) is 11.4 Å². The van der Waals surface area contributed by atoms with Crippen molar-refractivity contribution in [2.75, 3.05) is 37.7 Å². The maximum Gasteiger partial charge on any atom is 0.354 e. The SMILES string of the molecule is CCOC(Cc1ccc(OCCN2c3ccccc3Oc3ccccc32)cc1)C(=O)ON1CCCC1. The largest absolute Gasteiger partial charge is 0.492 e. The van der Waals surface area contributed by atoms with Crippen LogP contribution in [0.1, 0.15) is 25.3 Å². The van der Waals surface area contributed by atoms with Crippen molar-refractivity contribution in [3.05, 3.63) is 78.4 Å². The van der Waals surface area contributed by atoms with E-state index in [4.69, 9.17) is 19.0 Å². The van der Waals surface area contributed by atoms with Gasteiger partial charge in [0.15, 0.2) is 17.6 Å². The number of fused-ring (bicyclic) bond motifs is 2. The molecule has 2 heterocycles. The number of para-hydroxylation sites is 4. The van der Waals surface area contributed by atoms with E-state index in [1.807, 2.05) is 67.6 Å². The van der Waals surface area contributed by atoms with E-state index in [-0.39, 0.29) is 5.97 Å². The number of carbonyl (C=O) groups excluding carboxylic acids is 1. The number of nitrogens with zero attached hydrogens (tertiary/aromatic N) is 2. The van der Waals surface area contributed by atoms with Crippen molar-refractivity contribution in [2.24, 2.45) is 0 Å². The Morgan fingerprint density at radius 2 is 1.56 bits per heavy atom. The van der Waals surface area contributed by atoms with Crippen LogP contribution in [0.15, 0.2) is 72.8 Å². The molecule has 3 aromatic carbocycles. The van der Waals surface area contributed by atoms with E-state index in [1.54, 1.807) is 5.06 Å². The molecule has 0 radical (unpaired) electrons. The molecule has 3 aromatic rings. The lowest BCUT2D eigenvalue weighted by Gasteiger charge is -2.32. The summed E-state index contributed by atoms with van der Waals surface area (Å²) < 4.78 is 17.8. The van der Waals surface area contributed by atoms with Crippen LogP contribution in [0, 0.1) is 0 Å². The highest BCUT2D eigenvalue weighted by Gasteiger charge is 2.26. The summed E-state index contributed by atoms with van der Waals surface area (Å²) in [6.45, 7) is 5.10. The molecule has 1 fully saturated rings. The number of benzene rings is 3. The van der Waals surface area contributed by atoms with Gasteiger partial charge in [0.05, 0.1) is 17.9 Å². The molecule has 0 saturated carbocycles. The zero-order valence-electron chi connectivity index (χ0n) is 20.6. The Hall–Kier alpha value is -3.55. The van der Waals surface area contributed by atoms with Crippen LogP contribution in [0.25, 0.3) is 0 Å². The van der Waals surface area contributed by atoms with Gasteiger partial charge in [0.2, 0.25) is 0 Å². The second-order valence-electron chi connectivity index (χ2n) is 8.88. The van der Waals surface area contributed by atoms with E-state index in [0.29, 0.717) is 26.2 Å². The molecule has 1 unspecified atom stereocenters. The summed E-state index contributed by atoms with van der Waals surface area (Å²) in [4.78, 5) is 20.3. The molecule has 1 saturated heterocycles. The van der Waals surface area contributed by atoms with Crippen LogP contribution in [0.2, 0.25) is 0 Å². The summed E-state index contributed by atoms with van der Waals surface area (Å²) in [5.41, 5.74) is 3.05. The number of hydroxylamine groups is 2. The van der Waals surface area contributed by atoms with Gasteiger partial charge in [0.25, 0.3) is 0 Å². The van der Waals surface area contributed by atoms with Gasteiger partial charge in [-0.2, -0.15) is 0 Å². The van der Waals surface area contributed by atoms with E-state index >= 15 is 0 Å². The smallest absolute Gasteiger partial charge is 0.354 e. The zero-order valence-corrected chi connectivity index (χ0v) is 20.6. The molecule has 36 heavy (non-hydrogen) atoms. The fourth-order valence-corrected chi connectivity index (χ4v) is 4.59. The Bertz CT molecular complexity index is 1110. The van der Waals surface area contributed by atoms with Gasteiger partial charge in [0, 0.05) is 26.1 Å². The topological polar surface area (TPSA) is 60.5 Å². The van der Waals surface area contributed by atoms with Crippen LogP contribution in [-0.2, 0) is 20.8 Å². The van der Waals surface area contributed by atoms with Crippen molar-refractivity contribution >= 4 is 17.3 Å². The molecule has 1 atom stereocenters. The Morgan fingerprint density at radius 1 is 0.917 bits per heavy atom. The van der Waals surface area contributed by atoms with E-state index in [9.17, 15) is 4.79 Å². The lowest BCUT2D eigenvalue weighted by atomic mass is 10.1. The quantitative estimate of drug-likeness (QED) is 0.373. The van der Waals surface area contributed by atoms with Gasteiger partial charge >= 0.3 is 5.97 Å². The van der Waals surface area contributed by atoms with E-state index in [1.165, 1.54) is 0 Å². The molecule has 0 aliphatic carbocycles. The first kappa shape index (κ1) is 24.2. The molecule has 2 aliphatic rings. The van der Waals surface area contributed by atoms with Gasteiger partial charge in [-0.1, -0.05) is 36.4 Å². The molecule has 0 amide bonds. The minimum atomic E-state index is -0.621. The molecule has 7 nitrogen and oxygen atoms in total. The van der Waals surface area contributed by atoms with Crippen molar-refractivity contribution in [1.82, 2.24) is 5.06 Å². The van der Waals surface area contributed by atoms with Crippen molar-refractivity contribution in [3.63, 3.8) is 0 Å². The molecule has 0 spiro atoms. The zero-order chi connectivity index (χ0) is 24.7. The third kappa shape index (κ3) is 5.64. The molecule has 5 rings (SSSR count).